The molecule has 1 aliphatic carbocycles. The van der Waals surface area contributed by atoms with Crippen molar-refractivity contribution in [3.63, 3.8) is 0 Å². The van der Waals surface area contributed by atoms with Crippen LogP contribution in [-0.2, 0) is 0 Å². The fraction of sp³-hybridized carbons (Fsp3) is 0.375. The maximum Gasteiger partial charge on any atom is 0.315 e. The molecule has 0 heterocycles. The Morgan fingerprint density at radius 1 is 1.36 bits per heavy atom. The van der Waals surface area contributed by atoms with E-state index in [0.29, 0.717) is 5.71 Å². The fourth-order valence-corrected chi connectivity index (χ4v) is 1.08. The lowest BCUT2D eigenvalue weighted by Crippen LogP contribution is -2.16. The number of nitrogens with zero attached hydrogens (tertiary/aromatic N) is 2. The Balaban J connectivity index is 3.07. The summed E-state index contributed by atoms with van der Waals surface area (Å²) in [6.45, 7) is 3.60. The van der Waals surface area contributed by atoms with Crippen molar-refractivity contribution < 1.29 is 9.90 Å². The van der Waals surface area contributed by atoms with E-state index < -0.39 is 6.10 Å². The minimum absolute atomic E-state index is 0.491. The summed E-state index contributed by atoms with van der Waals surface area (Å²) in [5.74, 6) is 0. The summed E-state index contributed by atoms with van der Waals surface area (Å²) in [5, 5.41) is 9.39. The molecule has 0 aromatic carbocycles. The first-order chi connectivity index (χ1) is 5.15. The third-order valence-corrected chi connectivity index (χ3v) is 1.73. The summed E-state index contributed by atoms with van der Waals surface area (Å²) in [6, 6.07) is 0. The van der Waals surface area contributed by atoms with Crippen LogP contribution in [0.25, 0.3) is 5.53 Å². The first-order valence-corrected chi connectivity index (χ1v) is 3.41. The lowest BCUT2D eigenvalue weighted by molar-refractivity contribution is -0.00203. The summed E-state index contributed by atoms with van der Waals surface area (Å²) in [7, 11) is 0. The van der Waals surface area contributed by atoms with Gasteiger partial charge >= 0.3 is 5.71 Å². The summed E-state index contributed by atoms with van der Waals surface area (Å²) < 4.78 is 0. The highest BCUT2D eigenvalue weighted by molar-refractivity contribution is 6.02. The molecule has 1 rings (SSSR count). The zero-order valence-corrected chi connectivity index (χ0v) is 6.57. The van der Waals surface area contributed by atoms with Crippen molar-refractivity contribution in [1.82, 2.24) is 0 Å². The molecular weight excluding hydrogens is 140 g/mol. The highest BCUT2D eigenvalue weighted by Crippen LogP contribution is 2.15. The molecule has 0 radical (unpaired) electrons. The molecule has 0 aliphatic heterocycles. The minimum Gasteiger partial charge on any atom is -0.384 e. The van der Waals surface area contributed by atoms with Crippen LogP contribution >= 0.6 is 0 Å². The Kier molecular flexibility index (Phi) is 2.03. The summed E-state index contributed by atoms with van der Waals surface area (Å²) in [4.78, 5) is 3.04. The SMILES string of the molecule is CC1=CC(=[N+]=[N-])C=C(C)C1O. The van der Waals surface area contributed by atoms with Crippen LogP contribution in [0.5, 0.6) is 0 Å². The van der Waals surface area contributed by atoms with E-state index in [2.05, 4.69) is 4.79 Å². The molecule has 3 heteroatoms. The van der Waals surface area contributed by atoms with Crippen LogP contribution in [0, 0.1) is 0 Å². The van der Waals surface area contributed by atoms with Gasteiger partial charge in [0, 0.05) is 12.2 Å². The van der Waals surface area contributed by atoms with Crippen LogP contribution in [0.15, 0.2) is 23.3 Å². The predicted molar refractivity (Wildman–Crippen MR) is 42.1 cm³/mol. The van der Waals surface area contributed by atoms with Crippen molar-refractivity contribution in [2.45, 2.75) is 20.0 Å². The maximum atomic E-state index is 9.39. The molecule has 0 bridgehead atoms. The number of aliphatic hydroxyl groups is 1. The molecule has 0 amide bonds. The smallest absolute Gasteiger partial charge is 0.315 e. The van der Waals surface area contributed by atoms with E-state index in [4.69, 9.17) is 5.53 Å². The quantitative estimate of drug-likeness (QED) is 0.405. The molecule has 1 aliphatic rings. The van der Waals surface area contributed by atoms with Crippen LogP contribution in [0.2, 0.25) is 0 Å². The molecule has 0 atom stereocenters. The molecule has 0 saturated heterocycles. The summed E-state index contributed by atoms with van der Waals surface area (Å²) in [6.07, 6.45) is 2.79. The molecule has 0 spiro atoms. The number of allylic oxidation sites excluding steroid dienone is 2. The molecule has 0 saturated carbocycles. The van der Waals surface area contributed by atoms with Crippen LogP contribution < -0.4 is 0 Å². The van der Waals surface area contributed by atoms with Crippen molar-refractivity contribution in [3.05, 3.63) is 28.8 Å². The average Bonchev–Trinajstić information content (AvgIpc) is 1.99. The van der Waals surface area contributed by atoms with E-state index in [1.54, 1.807) is 26.0 Å². The lowest BCUT2D eigenvalue weighted by Gasteiger charge is -2.13. The van der Waals surface area contributed by atoms with Crippen molar-refractivity contribution in [1.29, 1.82) is 0 Å². The normalized spacial score (nSPS) is 23.9. The van der Waals surface area contributed by atoms with Crippen molar-refractivity contribution >= 4 is 5.71 Å². The Labute approximate surface area is 65.3 Å². The number of rotatable bonds is 0. The van der Waals surface area contributed by atoms with Gasteiger partial charge in [-0.2, -0.15) is 4.79 Å². The van der Waals surface area contributed by atoms with Gasteiger partial charge in [-0.3, -0.25) is 0 Å². The fourth-order valence-electron chi connectivity index (χ4n) is 1.08. The zero-order valence-electron chi connectivity index (χ0n) is 6.57. The van der Waals surface area contributed by atoms with Gasteiger partial charge in [-0.05, 0) is 25.0 Å². The molecule has 0 aromatic rings. The Morgan fingerprint density at radius 2 is 1.82 bits per heavy atom. The molecule has 1 N–H and O–H groups in total. The number of hydrogen-bond acceptors (Lipinski definition) is 1. The predicted octanol–water partition coefficient (Wildman–Crippen LogP) is 0.924. The monoisotopic (exact) mass is 150 g/mol. The van der Waals surface area contributed by atoms with Gasteiger partial charge in [-0.25, -0.2) is 0 Å². The van der Waals surface area contributed by atoms with Crippen molar-refractivity contribution in [2.24, 2.45) is 0 Å². The van der Waals surface area contributed by atoms with Gasteiger partial charge in [-0.15, -0.1) is 0 Å². The zero-order chi connectivity index (χ0) is 8.43. The Bertz CT molecular complexity index is 260. The van der Waals surface area contributed by atoms with Gasteiger partial charge in [0.2, 0.25) is 0 Å². The second-order valence-corrected chi connectivity index (χ2v) is 2.70. The van der Waals surface area contributed by atoms with Crippen LogP contribution in [-0.4, -0.2) is 21.7 Å². The number of aliphatic hydroxyl groups excluding tert-OH is 1. The maximum absolute atomic E-state index is 9.39. The van der Waals surface area contributed by atoms with E-state index in [0.717, 1.165) is 11.1 Å². The van der Waals surface area contributed by atoms with E-state index in [9.17, 15) is 5.11 Å². The standard InChI is InChI=1S/C8H10N2O/c1-5-3-7(10-9)4-6(2)8(5)11/h3-4,8,11H,1-2H3. The van der Waals surface area contributed by atoms with E-state index >= 15 is 0 Å². The third-order valence-electron chi connectivity index (χ3n) is 1.73. The van der Waals surface area contributed by atoms with Gasteiger partial charge in [0.1, 0.15) is 0 Å². The highest BCUT2D eigenvalue weighted by Gasteiger charge is 2.17. The van der Waals surface area contributed by atoms with Crippen LogP contribution in [0.4, 0.5) is 0 Å². The third kappa shape index (κ3) is 1.45. The average molecular weight is 150 g/mol. The first kappa shape index (κ1) is 7.92. The molecular formula is C8H10N2O. The topological polar surface area (TPSA) is 56.6 Å². The minimum atomic E-state index is -0.513. The molecule has 0 aromatic heterocycles. The van der Waals surface area contributed by atoms with Crippen molar-refractivity contribution in [2.75, 3.05) is 0 Å². The first-order valence-electron chi connectivity index (χ1n) is 3.41. The summed E-state index contributed by atoms with van der Waals surface area (Å²) in [5.41, 5.74) is 10.5. The Morgan fingerprint density at radius 3 is 2.18 bits per heavy atom. The second-order valence-electron chi connectivity index (χ2n) is 2.70. The van der Waals surface area contributed by atoms with Gasteiger partial charge in [-0.1, -0.05) is 0 Å². The van der Waals surface area contributed by atoms with Gasteiger partial charge in [0.25, 0.3) is 0 Å². The Hall–Kier alpha value is -1.18. The van der Waals surface area contributed by atoms with Crippen molar-refractivity contribution in [3.8, 4) is 0 Å². The molecule has 0 unspecified atom stereocenters. The largest absolute Gasteiger partial charge is 0.384 e. The second kappa shape index (κ2) is 2.82. The molecule has 58 valence electrons. The van der Waals surface area contributed by atoms with E-state index in [-0.39, 0.29) is 0 Å². The molecule has 0 fully saturated rings. The van der Waals surface area contributed by atoms with E-state index in [1.165, 1.54) is 0 Å². The van der Waals surface area contributed by atoms with E-state index in [1.807, 2.05) is 0 Å². The molecule has 3 nitrogen and oxygen atoms in total. The highest BCUT2D eigenvalue weighted by atomic mass is 16.3. The summed E-state index contributed by atoms with van der Waals surface area (Å²) >= 11 is 0. The molecule has 11 heavy (non-hydrogen) atoms. The van der Waals surface area contributed by atoms with Gasteiger partial charge in [0.05, 0.1) is 6.10 Å². The van der Waals surface area contributed by atoms with Gasteiger partial charge < -0.3 is 10.6 Å². The lowest BCUT2D eigenvalue weighted by atomic mass is 9.96. The van der Waals surface area contributed by atoms with Crippen LogP contribution in [0.1, 0.15) is 13.8 Å². The van der Waals surface area contributed by atoms with Crippen LogP contribution in [0.3, 0.4) is 0 Å². The van der Waals surface area contributed by atoms with Gasteiger partial charge in [0.15, 0.2) is 0 Å². The number of hydrogen-bond donors (Lipinski definition) is 1.